The van der Waals surface area contributed by atoms with Crippen molar-refractivity contribution in [3.05, 3.63) is 60.2 Å². The van der Waals surface area contributed by atoms with Gasteiger partial charge in [0.05, 0.1) is 12.1 Å². The number of hydrogen-bond donors (Lipinski definition) is 1. The first-order chi connectivity index (χ1) is 11.6. The minimum absolute atomic E-state index is 0.0707. The lowest BCUT2D eigenvalue weighted by Gasteiger charge is -2.35. The number of alkyl halides is 1. The Kier molecular flexibility index (Phi) is 4.57. The fourth-order valence-electron chi connectivity index (χ4n) is 3.18. The molecule has 1 aromatic heterocycles. The molecule has 0 bridgehead atoms. The van der Waals surface area contributed by atoms with Gasteiger partial charge < -0.3 is 5.11 Å². The number of carbonyl (C=O) groups is 1. The molecule has 0 aliphatic heterocycles. The third-order valence-electron chi connectivity index (χ3n) is 4.40. The maximum atomic E-state index is 15.2. The third kappa shape index (κ3) is 3.60. The van der Waals surface area contributed by atoms with Crippen LogP contribution >= 0.6 is 0 Å². The van der Waals surface area contributed by atoms with Gasteiger partial charge in [0, 0.05) is 24.7 Å². The highest BCUT2D eigenvalue weighted by molar-refractivity contribution is 5.71. The van der Waals surface area contributed by atoms with Gasteiger partial charge in [0.15, 0.2) is 5.67 Å². The van der Waals surface area contributed by atoms with Crippen molar-refractivity contribution in [3.63, 3.8) is 0 Å². The minimum Gasteiger partial charge on any atom is -0.481 e. The second-order valence-corrected chi connectivity index (χ2v) is 6.01. The third-order valence-corrected chi connectivity index (χ3v) is 4.40. The monoisotopic (exact) mass is 324 g/mol. The molecule has 1 heterocycles. The van der Waals surface area contributed by atoms with Crippen LogP contribution in [0.4, 0.5) is 4.39 Å². The molecule has 0 spiro atoms. The summed E-state index contributed by atoms with van der Waals surface area (Å²) in [5.41, 5.74) is -0.469. The molecule has 1 unspecified atom stereocenters. The van der Waals surface area contributed by atoms with Crippen LogP contribution in [-0.4, -0.2) is 26.7 Å². The molecule has 24 heavy (non-hydrogen) atoms. The Morgan fingerprint density at radius 1 is 1.29 bits per heavy atom. The van der Waals surface area contributed by atoms with Crippen molar-refractivity contribution in [2.24, 2.45) is 5.92 Å². The van der Waals surface area contributed by atoms with E-state index >= 15 is 4.39 Å². The van der Waals surface area contributed by atoms with Gasteiger partial charge in [-0.15, -0.1) is 0 Å². The Labute approximate surface area is 139 Å². The van der Waals surface area contributed by atoms with Crippen molar-refractivity contribution < 1.29 is 14.3 Å². The number of aromatic nitrogens is 2. The molecular weight excluding hydrogens is 307 g/mol. The zero-order chi connectivity index (χ0) is 17.0. The molecule has 1 fully saturated rings. The fraction of sp³-hybridized carbons (Fsp3) is 0.316. The summed E-state index contributed by atoms with van der Waals surface area (Å²) in [6, 6.07) is 9.24. The molecule has 1 N–H and O–H groups in total. The Morgan fingerprint density at radius 3 is 2.75 bits per heavy atom. The minimum atomic E-state index is -1.72. The maximum absolute atomic E-state index is 15.2. The molecule has 5 heteroatoms. The number of hydrogen-bond acceptors (Lipinski definition) is 3. The summed E-state index contributed by atoms with van der Waals surface area (Å²) >= 11 is 0. The summed E-state index contributed by atoms with van der Waals surface area (Å²) in [5, 5.41) is 9.47. The Bertz CT molecular complexity index is 770. The summed E-state index contributed by atoms with van der Waals surface area (Å²) < 4.78 is 15.2. The zero-order valence-electron chi connectivity index (χ0n) is 13.0. The summed E-state index contributed by atoms with van der Waals surface area (Å²) in [4.78, 5) is 19.5. The molecule has 3 atom stereocenters. The number of aliphatic carboxylic acids is 1. The smallest absolute Gasteiger partial charge is 0.307 e. The van der Waals surface area contributed by atoms with Crippen molar-refractivity contribution >= 4 is 5.97 Å². The van der Waals surface area contributed by atoms with Crippen LogP contribution in [0, 0.1) is 17.8 Å². The largest absolute Gasteiger partial charge is 0.481 e. The van der Waals surface area contributed by atoms with Gasteiger partial charge in [-0.3, -0.25) is 9.78 Å². The van der Waals surface area contributed by atoms with Gasteiger partial charge in [-0.25, -0.2) is 9.37 Å². The van der Waals surface area contributed by atoms with E-state index < -0.39 is 23.5 Å². The highest BCUT2D eigenvalue weighted by Crippen LogP contribution is 2.44. The second-order valence-electron chi connectivity index (χ2n) is 6.01. The normalized spacial score (nSPS) is 26.2. The van der Waals surface area contributed by atoms with E-state index in [1.165, 1.54) is 18.6 Å². The number of halogens is 1. The number of carboxylic acid groups (broad SMARTS) is 1. The van der Waals surface area contributed by atoms with Crippen LogP contribution in [0.1, 0.15) is 36.4 Å². The molecule has 2 aromatic rings. The van der Waals surface area contributed by atoms with Crippen molar-refractivity contribution in [1.29, 1.82) is 0 Å². The average molecular weight is 324 g/mol. The molecular formula is C19H17FN2O2. The van der Waals surface area contributed by atoms with E-state index in [-0.39, 0.29) is 19.3 Å². The van der Waals surface area contributed by atoms with Gasteiger partial charge in [0.1, 0.15) is 5.69 Å². The maximum Gasteiger partial charge on any atom is 0.307 e. The number of benzene rings is 1. The molecule has 1 aromatic carbocycles. The quantitative estimate of drug-likeness (QED) is 0.862. The predicted molar refractivity (Wildman–Crippen MR) is 86.9 cm³/mol. The van der Waals surface area contributed by atoms with Crippen LogP contribution in [0.2, 0.25) is 0 Å². The molecule has 0 radical (unpaired) electrons. The summed E-state index contributed by atoms with van der Waals surface area (Å²) in [6.07, 6.45) is 4.96. The van der Waals surface area contributed by atoms with Crippen LogP contribution < -0.4 is 0 Å². The Balaban J connectivity index is 1.87. The fourth-order valence-corrected chi connectivity index (χ4v) is 3.18. The van der Waals surface area contributed by atoms with Crippen LogP contribution in [0.15, 0.2) is 48.9 Å². The average Bonchev–Trinajstić information content (AvgIpc) is 2.61. The molecule has 0 amide bonds. The lowest BCUT2D eigenvalue weighted by atomic mass is 9.70. The molecule has 1 saturated carbocycles. The van der Waals surface area contributed by atoms with Gasteiger partial charge in [-0.2, -0.15) is 0 Å². The number of rotatable bonds is 2. The van der Waals surface area contributed by atoms with E-state index in [9.17, 15) is 9.90 Å². The molecule has 0 saturated heterocycles. The summed E-state index contributed by atoms with van der Waals surface area (Å²) in [6.45, 7) is 0. The summed E-state index contributed by atoms with van der Waals surface area (Å²) in [5.74, 6) is 3.53. The lowest BCUT2D eigenvalue weighted by Crippen LogP contribution is -2.37. The van der Waals surface area contributed by atoms with Crippen molar-refractivity contribution in [2.75, 3.05) is 0 Å². The number of nitrogens with zero attached hydrogens (tertiary/aromatic N) is 2. The zero-order valence-corrected chi connectivity index (χ0v) is 13.0. The lowest BCUT2D eigenvalue weighted by molar-refractivity contribution is -0.144. The molecule has 1 aliphatic rings. The second kappa shape index (κ2) is 6.79. The van der Waals surface area contributed by atoms with Crippen LogP contribution in [0.3, 0.4) is 0 Å². The topological polar surface area (TPSA) is 63.1 Å². The Morgan fingerprint density at radius 2 is 2.08 bits per heavy atom. The van der Waals surface area contributed by atoms with Gasteiger partial charge in [-0.05, 0) is 24.3 Å². The van der Waals surface area contributed by atoms with E-state index in [4.69, 9.17) is 0 Å². The first-order valence-electron chi connectivity index (χ1n) is 7.83. The van der Waals surface area contributed by atoms with Gasteiger partial charge in [0.2, 0.25) is 0 Å². The predicted octanol–water partition coefficient (Wildman–Crippen LogP) is 3.20. The van der Waals surface area contributed by atoms with E-state index in [1.807, 2.05) is 30.3 Å². The van der Waals surface area contributed by atoms with E-state index in [1.54, 1.807) is 0 Å². The van der Waals surface area contributed by atoms with Crippen molar-refractivity contribution in [2.45, 2.75) is 30.8 Å². The van der Waals surface area contributed by atoms with Gasteiger partial charge in [0.25, 0.3) is 0 Å². The van der Waals surface area contributed by atoms with E-state index in [2.05, 4.69) is 21.8 Å². The first kappa shape index (κ1) is 16.1. The molecule has 4 nitrogen and oxygen atoms in total. The van der Waals surface area contributed by atoms with E-state index in [0.29, 0.717) is 5.69 Å². The van der Waals surface area contributed by atoms with E-state index in [0.717, 1.165) is 5.56 Å². The van der Waals surface area contributed by atoms with Gasteiger partial charge in [-0.1, -0.05) is 36.3 Å². The Hall–Kier alpha value is -2.74. The van der Waals surface area contributed by atoms with Crippen molar-refractivity contribution in [3.8, 4) is 11.8 Å². The highest BCUT2D eigenvalue weighted by Gasteiger charge is 2.43. The standard InChI is InChI=1S/C19H17FN2O2/c20-19(8-6-15-13-21-10-11-22-15)9-7-16(18(23)24)17(12-19)14-4-2-1-3-5-14/h1-5,10-11,13,16-17H,7,9,12H2,(H,23,24)/t16-,17+,19?/m1/s1. The molecule has 122 valence electrons. The summed E-state index contributed by atoms with van der Waals surface area (Å²) in [7, 11) is 0. The van der Waals surface area contributed by atoms with Gasteiger partial charge >= 0.3 is 5.97 Å². The van der Waals surface area contributed by atoms with Crippen LogP contribution in [0.5, 0.6) is 0 Å². The first-order valence-corrected chi connectivity index (χ1v) is 7.83. The van der Waals surface area contributed by atoms with Crippen LogP contribution in [0.25, 0.3) is 0 Å². The molecule has 3 rings (SSSR count). The SMILES string of the molecule is O=C(O)[C@@H]1CCC(F)(C#Cc2cnccn2)C[C@H]1c1ccccc1. The molecule has 1 aliphatic carbocycles. The number of carboxylic acids is 1. The van der Waals surface area contributed by atoms with Crippen LogP contribution in [-0.2, 0) is 4.79 Å². The highest BCUT2D eigenvalue weighted by atomic mass is 19.1. The van der Waals surface area contributed by atoms with Crippen molar-refractivity contribution in [1.82, 2.24) is 9.97 Å².